The molecule has 3 aromatic rings. The molecular formula is C19H12Cl4N4O5S. The first-order valence-corrected chi connectivity index (χ1v) is 11.6. The average molecular weight is 550 g/mol. The smallest absolute Gasteiger partial charge is 0.279 e. The molecule has 0 unspecified atom stereocenters. The van der Waals surface area contributed by atoms with Crippen LogP contribution in [0.15, 0.2) is 59.5 Å². The minimum atomic E-state index is -4.43. The number of benzene rings is 3. The normalized spacial score (nSPS) is 11.2. The van der Waals surface area contributed by atoms with Gasteiger partial charge in [-0.15, -0.1) is 0 Å². The van der Waals surface area contributed by atoms with E-state index in [0.717, 1.165) is 24.3 Å². The fourth-order valence-corrected chi connectivity index (χ4v) is 4.69. The van der Waals surface area contributed by atoms with Crippen LogP contribution in [-0.2, 0) is 10.0 Å². The van der Waals surface area contributed by atoms with Gasteiger partial charge in [-0.1, -0.05) is 46.4 Å². The molecule has 3 rings (SSSR count). The van der Waals surface area contributed by atoms with Gasteiger partial charge >= 0.3 is 0 Å². The van der Waals surface area contributed by atoms with E-state index in [1.54, 1.807) is 0 Å². The lowest BCUT2D eigenvalue weighted by Gasteiger charge is -2.20. The van der Waals surface area contributed by atoms with Gasteiger partial charge < -0.3 is 4.74 Å². The summed E-state index contributed by atoms with van der Waals surface area (Å²) in [7, 11) is -4.43. The minimum Gasteiger partial charge on any atom is -0.453 e. The van der Waals surface area contributed by atoms with Crippen LogP contribution in [0.3, 0.4) is 0 Å². The predicted octanol–water partition coefficient (Wildman–Crippen LogP) is 5.89. The molecule has 0 saturated carbocycles. The molecule has 0 aliphatic carbocycles. The van der Waals surface area contributed by atoms with E-state index in [9.17, 15) is 18.5 Å². The van der Waals surface area contributed by atoms with E-state index >= 15 is 0 Å². The van der Waals surface area contributed by atoms with Crippen molar-refractivity contribution in [1.82, 2.24) is 4.41 Å². The number of hydrogen-bond donors (Lipinski definition) is 2. The maximum Gasteiger partial charge on any atom is 0.279 e. The SMILES string of the molecule is N=C(c1ccc(Cl)cc1)N(N)S(=O)(=O)c1cc(Cl)c(Oc2ccc([N+](=O)[O-])cc2Cl)c(Cl)c1. The molecule has 0 bridgehead atoms. The second-order valence-corrected chi connectivity index (χ2v) is 9.82. The van der Waals surface area contributed by atoms with Gasteiger partial charge in [0.1, 0.15) is 5.75 Å². The monoisotopic (exact) mass is 548 g/mol. The molecule has 0 heterocycles. The van der Waals surface area contributed by atoms with Gasteiger partial charge in [-0.3, -0.25) is 15.5 Å². The van der Waals surface area contributed by atoms with Gasteiger partial charge in [0.25, 0.3) is 15.7 Å². The molecule has 0 spiro atoms. The summed E-state index contributed by atoms with van der Waals surface area (Å²) >= 11 is 24.2. The zero-order chi connectivity index (χ0) is 24.5. The highest BCUT2D eigenvalue weighted by Gasteiger charge is 2.28. The van der Waals surface area contributed by atoms with Crippen molar-refractivity contribution in [2.75, 3.05) is 0 Å². The summed E-state index contributed by atoms with van der Waals surface area (Å²) in [5, 5.41) is 18.9. The molecule has 0 aliphatic heterocycles. The zero-order valence-corrected chi connectivity index (χ0v) is 20.0. The van der Waals surface area contributed by atoms with Crippen molar-refractivity contribution < 1.29 is 18.1 Å². The van der Waals surface area contributed by atoms with Crippen LogP contribution in [0.4, 0.5) is 5.69 Å². The van der Waals surface area contributed by atoms with Crippen molar-refractivity contribution in [2.24, 2.45) is 5.84 Å². The fraction of sp³-hybridized carbons (Fsp3) is 0. The first kappa shape index (κ1) is 25.0. The quantitative estimate of drug-likeness (QED) is 0.129. The first-order valence-electron chi connectivity index (χ1n) is 8.67. The van der Waals surface area contributed by atoms with Crippen molar-refractivity contribution in [1.29, 1.82) is 5.41 Å². The van der Waals surface area contributed by atoms with Crippen LogP contribution in [-0.4, -0.2) is 23.6 Å². The minimum absolute atomic E-state index is 0.00615. The second kappa shape index (κ2) is 9.72. The highest BCUT2D eigenvalue weighted by molar-refractivity contribution is 7.89. The maximum atomic E-state index is 12.9. The molecule has 0 fully saturated rings. The number of nitrogens with two attached hydrogens (primary N) is 1. The number of hydrazine groups is 1. The topological polar surface area (TPSA) is 140 Å². The third-order valence-electron chi connectivity index (χ3n) is 4.20. The summed E-state index contributed by atoms with van der Waals surface area (Å²) < 4.78 is 31.7. The Bertz CT molecular complexity index is 1340. The number of amidine groups is 1. The lowest BCUT2D eigenvalue weighted by atomic mass is 10.2. The number of halogens is 4. The number of sulfonamides is 1. The molecule has 33 heavy (non-hydrogen) atoms. The number of ether oxygens (including phenoxy) is 1. The number of non-ortho nitro benzene ring substituents is 1. The molecule has 3 N–H and O–H groups in total. The van der Waals surface area contributed by atoms with Crippen LogP contribution < -0.4 is 10.6 Å². The van der Waals surface area contributed by atoms with Gasteiger partial charge in [0.05, 0.1) is 24.9 Å². The largest absolute Gasteiger partial charge is 0.453 e. The van der Waals surface area contributed by atoms with E-state index in [-0.39, 0.29) is 42.2 Å². The number of nitrogens with zero attached hydrogens (tertiary/aromatic N) is 2. The molecule has 0 aliphatic rings. The van der Waals surface area contributed by atoms with E-state index in [1.165, 1.54) is 30.3 Å². The maximum absolute atomic E-state index is 12.9. The van der Waals surface area contributed by atoms with Gasteiger partial charge in [-0.05, 0) is 42.5 Å². The van der Waals surface area contributed by atoms with Gasteiger partial charge in [-0.2, -0.15) is 12.8 Å². The Hall–Kier alpha value is -2.60. The lowest BCUT2D eigenvalue weighted by Crippen LogP contribution is -2.42. The van der Waals surface area contributed by atoms with Crippen LogP contribution in [0.1, 0.15) is 5.56 Å². The van der Waals surface area contributed by atoms with E-state index in [0.29, 0.717) is 5.02 Å². The first-order chi connectivity index (χ1) is 15.4. The highest BCUT2D eigenvalue weighted by Crippen LogP contribution is 2.41. The van der Waals surface area contributed by atoms with Gasteiger partial charge in [-0.25, -0.2) is 5.84 Å². The van der Waals surface area contributed by atoms with Crippen LogP contribution in [0.2, 0.25) is 20.1 Å². The van der Waals surface area contributed by atoms with Gasteiger partial charge in [0.2, 0.25) is 0 Å². The van der Waals surface area contributed by atoms with Gasteiger partial charge in [0, 0.05) is 22.7 Å². The zero-order valence-electron chi connectivity index (χ0n) is 16.1. The molecule has 0 radical (unpaired) electrons. The number of nitrogens with one attached hydrogen (secondary N) is 1. The summed E-state index contributed by atoms with van der Waals surface area (Å²) in [6.07, 6.45) is 0. The van der Waals surface area contributed by atoms with E-state index in [2.05, 4.69) is 0 Å². The molecule has 172 valence electrons. The van der Waals surface area contributed by atoms with E-state index in [1.807, 2.05) is 0 Å². The Balaban J connectivity index is 1.92. The summed E-state index contributed by atoms with van der Waals surface area (Å²) in [5.41, 5.74) is -0.0485. The molecular weight excluding hydrogens is 538 g/mol. The van der Waals surface area contributed by atoms with Crippen molar-refractivity contribution in [3.63, 3.8) is 0 Å². The Morgan fingerprint density at radius 2 is 1.55 bits per heavy atom. The van der Waals surface area contributed by atoms with Gasteiger partial charge in [0.15, 0.2) is 11.6 Å². The molecule has 0 amide bonds. The molecule has 0 saturated heterocycles. The third-order valence-corrected chi connectivity index (χ3v) is 6.85. The van der Waals surface area contributed by atoms with Crippen molar-refractivity contribution >= 4 is 68.0 Å². The van der Waals surface area contributed by atoms with Crippen molar-refractivity contribution in [2.45, 2.75) is 4.90 Å². The highest BCUT2D eigenvalue weighted by atomic mass is 35.5. The predicted molar refractivity (Wildman–Crippen MR) is 126 cm³/mol. The van der Waals surface area contributed by atoms with Crippen molar-refractivity contribution in [3.8, 4) is 11.5 Å². The van der Waals surface area contributed by atoms with E-state index in [4.69, 9.17) is 62.4 Å². The Labute approximate surface area is 207 Å². The van der Waals surface area contributed by atoms with Crippen molar-refractivity contribution in [3.05, 3.63) is 90.4 Å². The van der Waals surface area contributed by atoms with Crippen LogP contribution in [0, 0.1) is 15.5 Å². The number of nitro groups is 1. The lowest BCUT2D eigenvalue weighted by molar-refractivity contribution is -0.384. The summed E-state index contributed by atoms with van der Waals surface area (Å²) in [5.74, 6) is 5.07. The molecule has 3 aromatic carbocycles. The second-order valence-electron chi connectivity index (χ2n) is 6.35. The third kappa shape index (κ3) is 5.32. The van der Waals surface area contributed by atoms with Crippen LogP contribution >= 0.6 is 46.4 Å². The Kier molecular flexibility index (Phi) is 7.37. The fourth-order valence-electron chi connectivity index (χ4n) is 2.55. The average Bonchev–Trinajstić information content (AvgIpc) is 2.76. The summed E-state index contributed by atoms with van der Waals surface area (Å²) in [6, 6.07) is 11.4. The molecule has 9 nitrogen and oxygen atoms in total. The summed E-state index contributed by atoms with van der Waals surface area (Å²) in [6.45, 7) is 0. The Morgan fingerprint density at radius 1 is 0.970 bits per heavy atom. The number of nitro benzene ring substituents is 1. The standard InChI is InChI=1S/C19H12Cl4N4O5S/c20-11-3-1-10(2-4-11)19(24)26(25)33(30,31)13-8-15(22)18(16(23)9-13)32-17-6-5-12(27(28)29)7-14(17)21/h1-9,24H,25H2. The van der Waals surface area contributed by atoms with Crippen LogP contribution in [0.5, 0.6) is 11.5 Å². The molecule has 0 aromatic heterocycles. The number of rotatable bonds is 6. The number of hydrogen-bond acceptors (Lipinski definition) is 7. The summed E-state index contributed by atoms with van der Waals surface area (Å²) in [4.78, 5) is 9.81. The molecule has 0 atom stereocenters. The Morgan fingerprint density at radius 3 is 2.06 bits per heavy atom. The van der Waals surface area contributed by atoms with E-state index < -0.39 is 25.7 Å². The molecule has 14 heteroatoms. The van der Waals surface area contributed by atoms with Crippen LogP contribution in [0.25, 0.3) is 0 Å².